The highest BCUT2D eigenvalue weighted by atomic mass is 16.7. The lowest BCUT2D eigenvalue weighted by atomic mass is 9.97. The molecule has 0 saturated carbocycles. The van der Waals surface area contributed by atoms with Gasteiger partial charge >= 0.3 is 0 Å². The van der Waals surface area contributed by atoms with Gasteiger partial charge in [-0.25, -0.2) is 0 Å². The summed E-state index contributed by atoms with van der Waals surface area (Å²) in [5.74, 6) is 5.95. The minimum absolute atomic E-state index is 0.0181. The Morgan fingerprint density at radius 1 is 1.32 bits per heavy atom. The normalized spacial score (nSPS) is 21.8. The maximum Gasteiger partial charge on any atom is 0.162 e. The Labute approximate surface area is 116 Å². The lowest BCUT2D eigenvalue weighted by molar-refractivity contribution is -0.254. The molecule has 106 valence electrons. The highest BCUT2D eigenvalue weighted by Crippen LogP contribution is 2.20. The van der Waals surface area contributed by atoms with Crippen LogP contribution in [-0.2, 0) is 9.47 Å². The number of hydrogen-bond donors (Lipinski definition) is 1. The van der Waals surface area contributed by atoms with Gasteiger partial charge in [-0.3, -0.25) is 0 Å². The molecule has 2 atom stereocenters. The van der Waals surface area contributed by atoms with E-state index >= 15 is 0 Å². The fourth-order valence-corrected chi connectivity index (χ4v) is 1.83. The third kappa shape index (κ3) is 5.61. The van der Waals surface area contributed by atoms with E-state index in [1.54, 1.807) is 6.08 Å². The Hall–Kier alpha value is -1.08. The molecule has 0 amide bonds. The van der Waals surface area contributed by atoms with Gasteiger partial charge in [0, 0.05) is 12.3 Å². The molecule has 1 rings (SSSR count). The molecular weight excluding hydrogens is 240 g/mol. The predicted molar refractivity (Wildman–Crippen MR) is 76.4 cm³/mol. The van der Waals surface area contributed by atoms with E-state index in [1.807, 2.05) is 13.8 Å². The minimum atomic E-state index is -0.540. The van der Waals surface area contributed by atoms with Crippen molar-refractivity contribution in [3.05, 3.63) is 25.3 Å². The summed E-state index contributed by atoms with van der Waals surface area (Å²) < 4.78 is 11.1. The molecule has 3 heteroatoms. The molecule has 0 aliphatic carbocycles. The Morgan fingerprint density at radius 3 is 2.47 bits per heavy atom. The van der Waals surface area contributed by atoms with E-state index in [0.29, 0.717) is 13.2 Å². The summed E-state index contributed by atoms with van der Waals surface area (Å²) in [5.41, 5.74) is 0. The first-order valence-electron chi connectivity index (χ1n) is 6.68. The van der Waals surface area contributed by atoms with Crippen molar-refractivity contribution in [3.8, 4) is 11.8 Å². The third-order valence-corrected chi connectivity index (χ3v) is 3.16. The van der Waals surface area contributed by atoms with Crippen LogP contribution in [0.2, 0.25) is 0 Å². The van der Waals surface area contributed by atoms with Crippen molar-refractivity contribution in [2.75, 3.05) is 13.2 Å². The summed E-state index contributed by atoms with van der Waals surface area (Å²) in [5, 5.41) is 9.65. The van der Waals surface area contributed by atoms with Crippen LogP contribution in [0.1, 0.15) is 26.7 Å². The van der Waals surface area contributed by atoms with Crippen LogP contribution in [0.3, 0.4) is 0 Å². The molecule has 1 aliphatic rings. The van der Waals surface area contributed by atoms with Gasteiger partial charge in [0.25, 0.3) is 0 Å². The number of hydrogen-bond acceptors (Lipinski definition) is 3. The SMILES string of the molecule is C=C[C@H](CCC#CC1COC(C)(C)OC1)[C@@H](O)C=C. The third-order valence-electron chi connectivity index (χ3n) is 3.16. The van der Waals surface area contributed by atoms with E-state index in [1.165, 1.54) is 6.08 Å². The van der Waals surface area contributed by atoms with Crippen LogP contribution >= 0.6 is 0 Å². The molecule has 1 N–H and O–H groups in total. The van der Waals surface area contributed by atoms with E-state index in [2.05, 4.69) is 25.0 Å². The predicted octanol–water partition coefficient (Wildman–Crippen LogP) is 2.52. The standard InChI is InChI=1S/C16H24O3/c1-5-14(15(17)6-2)10-8-7-9-13-11-18-16(3,4)19-12-13/h5-6,13-15,17H,1-2,8,10-12H2,3-4H3/t14-,15+/m1/s1. The van der Waals surface area contributed by atoms with Gasteiger partial charge in [0.05, 0.1) is 25.2 Å². The minimum Gasteiger partial charge on any atom is -0.388 e. The molecule has 0 bridgehead atoms. The maximum absolute atomic E-state index is 9.65. The van der Waals surface area contributed by atoms with Gasteiger partial charge < -0.3 is 14.6 Å². The van der Waals surface area contributed by atoms with Gasteiger partial charge in [0.1, 0.15) is 0 Å². The fourth-order valence-electron chi connectivity index (χ4n) is 1.83. The smallest absolute Gasteiger partial charge is 0.162 e. The summed E-state index contributed by atoms with van der Waals surface area (Å²) in [7, 11) is 0. The topological polar surface area (TPSA) is 38.7 Å². The monoisotopic (exact) mass is 264 g/mol. The van der Waals surface area contributed by atoms with E-state index in [9.17, 15) is 5.11 Å². The van der Waals surface area contributed by atoms with Crippen LogP contribution in [-0.4, -0.2) is 30.2 Å². The lowest BCUT2D eigenvalue weighted by Gasteiger charge is -2.33. The molecular formula is C16H24O3. The quantitative estimate of drug-likeness (QED) is 0.612. The average Bonchev–Trinajstić information content (AvgIpc) is 2.39. The Bertz CT molecular complexity index is 352. The molecule has 0 aromatic carbocycles. The molecule has 0 unspecified atom stereocenters. The van der Waals surface area contributed by atoms with Crippen molar-refractivity contribution >= 4 is 0 Å². The summed E-state index contributed by atoms with van der Waals surface area (Å²) in [6.07, 6.45) is 4.25. The van der Waals surface area contributed by atoms with Gasteiger partial charge in [-0.2, -0.15) is 0 Å². The van der Waals surface area contributed by atoms with E-state index in [-0.39, 0.29) is 11.8 Å². The van der Waals surface area contributed by atoms with Gasteiger partial charge in [-0.15, -0.1) is 19.1 Å². The Morgan fingerprint density at radius 2 is 1.95 bits per heavy atom. The van der Waals surface area contributed by atoms with E-state index < -0.39 is 11.9 Å². The summed E-state index contributed by atoms with van der Waals surface area (Å²) in [6, 6.07) is 0. The zero-order valence-corrected chi connectivity index (χ0v) is 11.9. The molecule has 1 fully saturated rings. The Balaban J connectivity index is 2.32. The molecule has 1 heterocycles. The maximum atomic E-state index is 9.65. The molecule has 0 spiro atoms. The molecule has 0 radical (unpaired) electrons. The zero-order chi connectivity index (χ0) is 14.3. The number of aliphatic hydroxyl groups is 1. The van der Waals surface area contributed by atoms with Crippen molar-refractivity contribution in [1.29, 1.82) is 0 Å². The van der Waals surface area contributed by atoms with Crippen molar-refractivity contribution in [2.45, 2.75) is 38.6 Å². The van der Waals surface area contributed by atoms with Crippen LogP contribution in [0.25, 0.3) is 0 Å². The first-order chi connectivity index (χ1) is 8.98. The van der Waals surface area contributed by atoms with Gasteiger partial charge in [-0.05, 0) is 20.3 Å². The van der Waals surface area contributed by atoms with Gasteiger partial charge in [-0.1, -0.05) is 18.1 Å². The molecule has 0 aromatic heterocycles. The van der Waals surface area contributed by atoms with Crippen LogP contribution in [0.4, 0.5) is 0 Å². The van der Waals surface area contributed by atoms with Gasteiger partial charge in [0.15, 0.2) is 5.79 Å². The van der Waals surface area contributed by atoms with Crippen LogP contribution in [0, 0.1) is 23.7 Å². The Kier molecular flexibility index (Phi) is 6.30. The van der Waals surface area contributed by atoms with Crippen LogP contribution in [0.5, 0.6) is 0 Å². The largest absolute Gasteiger partial charge is 0.388 e. The molecule has 3 nitrogen and oxygen atoms in total. The summed E-state index contributed by atoms with van der Waals surface area (Å²) in [4.78, 5) is 0. The molecule has 19 heavy (non-hydrogen) atoms. The second-order valence-corrected chi connectivity index (χ2v) is 5.20. The van der Waals surface area contributed by atoms with Crippen molar-refractivity contribution in [2.24, 2.45) is 11.8 Å². The van der Waals surface area contributed by atoms with Gasteiger partial charge in [0.2, 0.25) is 0 Å². The number of rotatable bonds is 5. The van der Waals surface area contributed by atoms with Crippen molar-refractivity contribution in [3.63, 3.8) is 0 Å². The second-order valence-electron chi connectivity index (χ2n) is 5.20. The first kappa shape index (κ1) is 16.0. The summed E-state index contributed by atoms with van der Waals surface area (Å²) in [6.45, 7) is 12.3. The first-order valence-corrected chi connectivity index (χ1v) is 6.68. The second kappa shape index (κ2) is 7.49. The van der Waals surface area contributed by atoms with E-state index in [4.69, 9.17) is 9.47 Å². The number of aliphatic hydroxyl groups excluding tert-OH is 1. The fraction of sp³-hybridized carbons (Fsp3) is 0.625. The molecule has 0 aromatic rings. The number of ether oxygens (including phenoxy) is 2. The van der Waals surface area contributed by atoms with Crippen LogP contribution < -0.4 is 0 Å². The highest BCUT2D eigenvalue weighted by Gasteiger charge is 2.27. The zero-order valence-electron chi connectivity index (χ0n) is 11.9. The van der Waals surface area contributed by atoms with Crippen molar-refractivity contribution < 1.29 is 14.6 Å². The van der Waals surface area contributed by atoms with Crippen molar-refractivity contribution in [1.82, 2.24) is 0 Å². The lowest BCUT2D eigenvalue weighted by Crippen LogP contribution is -2.38. The molecule has 1 saturated heterocycles. The summed E-state index contributed by atoms with van der Waals surface area (Å²) >= 11 is 0. The molecule has 1 aliphatic heterocycles. The highest BCUT2D eigenvalue weighted by molar-refractivity contribution is 5.06. The van der Waals surface area contributed by atoms with Crippen LogP contribution in [0.15, 0.2) is 25.3 Å². The average molecular weight is 264 g/mol. The van der Waals surface area contributed by atoms with E-state index in [0.717, 1.165) is 12.8 Å².